The average Bonchev–Trinajstić information content (AvgIpc) is 3.06. The van der Waals surface area contributed by atoms with Gasteiger partial charge in [-0.15, -0.1) is 0 Å². The van der Waals surface area contributed by atoms with Crippen LogP contribution in [0.4, 0.5) is 0 Å². The van der Waals surface area contributed by atoms with E-state index >= 15 is 0 Å². The molecule has 23 heavy (non-hydrogen) atoms. The molecule has 6 heteroatoms. The van der Waals surface area contributed by atoms with E-state index in [1.54, 1.807) is 17.4 Å². The van der Waals surface area contributed by atoms with Crippen molar-refractivity contribution < 1.29 is 9.90 Å². The minimum atomic E-state index is -0.726. The number of thiophene rings is 1. The molecule has 1 fully saturated rings. The molecule has 1 N–H and O–H groups in total. The van der Waals surface area contributed by atoms with E-state index in [4.69, 9.17) is 23.2 Å². The summed E-state index contributed by atoms with van der Waals surface area (Å²) in [6.07, 6.45) is 1.60. The van der Waals surface area contributed by atoms with Gasteiger partial charge in [-0.25, -0.2) is 0 Å². The highest BCUT2D eigenvalue weighted by Gasteiger charge is 2.32. The Bertz CT molecular complexity index is 690. The Morgan fingerprint density at radius 1 is 1.35 bits per heavy atom. The number of likely N-dealkylation sites (tertiary alicyclic amines) is 1. The van der Waals surface area contributed by atoms with E-state index in [0.29, 0.717) is 16.6 Å². The molecule has 2 atom stereocenters. The van der Waals surface area contributed by atoms with Crippen molar-refractivity contribution in [3.63, 3.8) is 0 Å². The summed E-state index contributed by atoms with van der Waals surface area (Å²) in [5.41, 5.74) is 2.06. The summed E-state index contributed by atoms with van der Waals surface area (Å²) >= 11 is 14.3. The molecule has 2 aromatic rings. The van der Waals surface area contributed by atoms with Gasteiger partial charge < -0.3 is 5.11 Å². The minimum Gasteiger partial charge on any atom is -0.481 e. The fourth-order valence-corrected chi connectivity index (χ4v) is 4.28. The molecular formula is C17H17Cl2NO2S. The molecule has 1 aliphatic rings. The lowest BCUT2D eigenvalue weighted by molar-refractivity contribution is -0.143. The van der Waals surface area contributed by atoms with Gasteiger partial charge in [-0.05, 0) is 53.4 Å². The highest BCUT2D eigenvalue weighted by atomic mass is 35.5. The van der Waals surface area contributed by atoms with Gasteiger partial charge in [-0.1, -0.05) is 35.3 Å². The van der Waals surface area contributed by atoms with Crippen molar-refractivity contribution in [1.29, 1.82) is 0 Å². The zero-order valence-electron chi connectivity index (χ0n) is 12.4. The normalized spacial score (nSPS) is 20.3. The van der Waals surface area contributed by atoms with Gasteiger partial charge in [0.15, 0.2) is 0 Å². The monoisotopic (exact) mass is 369 g/mol. The summed E-state index contributed by atoms with van der Waals surface area (Å²) in [4.78, 5) is 13.6. The lowest BCUT2D eigenvalue weighted by atomic mass is 9.92. The third-order valence-corrected chi connectivity index (χ3v) is 5.84. The molecule has 1 aromatic carbocycles. The van der Waals surface area contributed by atoms with Gasteiger partial charge in [-0.3, -0.25) is 9.69 Å². The minimum absolute atomic E-state index is 0.0606. The van der Waals surface area contributed by atoms with Crippen molar-refractivity contribution in [2.75, 3.05) is 13.1 Å². The summed E-state index contributed by atoms with van der Waals surface area (Å²) in [6, 6.07) is 7.64. The molecule has 0 bridgehead atoms. The first kappa shape index (κ1) is 16.8. The number of carboxylic acids is 1. The van der Waals surface area contributed by atoms with Crippen LogP contribution in [0, 0.1) is 5.92 Å². The van der Waals surface area contributed by atoms with Crippen molar-refractivity contribution in [2.45, 2.75) is 18.9 Å². The van der Waals surface area contributed by atoms with Crippen LogP contribution in [0.3, 0.4) is 0 Å². The number of rotatable bonds is 4. The first-order valence-electron chi connectivity index (χ1n) is 7.50. The Hall–Kier alpha value is -1.07. The molecule has 122 valence electrons. The van der Waals surface area contributed by atoms with E-state index in [-0.39, 0.29) is 12.0 Å². The molecule has 3 rings (SSSR count). The van der Waals surface area contributed by atoms with Gasteiger partial charge in [0.25, 0.3) is 0 Å². The first-order chi connectivity index (χ1) is 11.1. The standard InChI is InChI=1S/C17H17Cl2NO2S/c18-14-5-1-4-13(15(14)19)16(12-6-8-23-10-12)20-7-2-3-11(9-20)17(21)22/h1,4-6,8,10-11,16H,2-3,7,9H2,(H,21,22). The molecule has 2 unspecified atom stereocenters. The third kappa shape index (κ3) is 3.56. The molecule has 0 amide bonds. The highest BCUT2D eigenvalue weighted by molar-refractivity contribution is 7.08. The van der Waals surface area contributed by atoms with Crippen molar-refractivity contribution in [1.82, 2.24) is 4.90 Å². The summed E-state index contributed by atoms with van der Waals surface area (Å²) in [6.45, 7) is 1.38. The van der Waals surface area contributed by atoms with Crippen LogP contribution in [0.15, 0.2) is 35.0 Å². The first-order valence-corrected chi connectivity index (χ1v) is 9.20. The van der Waals surface area contributed by atoms with Crippen molar-refractivity contribution in [2.24, 2.45) is 5.92 Å². The number of nitrogens with zero attached hydrogens (tertiary/aromatic N) is 1. The van der Waals surface area contributed by atoms with E-state index in [1.807, 2.05) is 17.5 Å². The Morgan fingerprint density at radius 2 is 2.17 bits per heavy atom. The lowest BCUT2D eigenvalue weighted by Gasteiger charge is -2.37. The van der Waals surface area contributed by atoms with Crippen molar-refractivity contribution in [3.05, 3.63) is 56.2 Å². The maximum Gasteiger partial charge on any atom is 0.307 e. The second-order valence-corrected chi connectivity index (χ2v) is 7.34. The van der Waals surface area contributed by atoms with Gasteiger partial charge in [0.1, 0.15) is 0 Å². The second kappa shape index (κ2) is 7.22. The van der Waals surface area contributed by atoms with Crippen LogP contribution in [0.2, 0.25) is 10.0 Å². The predicted octanol–water partition coefficient (Wildman–Crippen LogP) is 4.94. The van der Waals surface area contributed by atoms with Gasteiger partial charge >= 0.3 is 5.97 Å². The maximum absolute atomic E-state index is 11.4. The van der Waals surface area contributed by atoms with Gasteiger partial charge in [0.05, 0.1) is 22.0 Å². The van der Waals surface area contributed by atoms with Crippen molar-refractivity contribution >= 4 is 40.5 Å². The van der Waals surface area contributed by atoms with E-state index in [1.165, 1.54) is 0 Å². The van der Waals surface area contributed by atoms with Crippen LogP contribution in [0.5, 0.6) is 0 Å². The number of piperidine rings is 1. The maximum atomic E-state index is 11.4. The summed E-state index contributed by atoms with van der Waals surface area (Å²) in [5, 5.41) is 14.6. The molecule has 0 aliphatic carbocycles. The van der Waals surface area contributed by atoms with Gasteiger partial charge in [0, 0.05) is 6.54 Å². The highest BCUT2D eigenvalue weighted by Crippen LogP contribution is 2.39. The smallest absolute Gasteiger partial charge is 0.307 e. The van der Waals surface area contributed by atoms with E-state index in [9.17, 15) is 9.90 Å². The summed E-state index contributed by atoms with van der Waals surface area (Å²) < 4.78 is 0. The fourth-order valence-electron chi connectivity index (χ4n) is 3.19. The molecular weight excluding hydrogens is 353 g/mol. The summed E-state index contributed by atoms with van der Waals surface area (Å²) in [7, 11) is 0. The Labute approximate surface area is 149 Å². The quantitative estimate of drug-likeness (QED) is 0.829. The molecule has 1 saturated heterocycles. The Kier molecular flexibility index (Phi) is 5.27. The van der Waals surface area contributed by atoms with Crippen LogP contribution < -0.4 is 0 Å². The third-order valence-electron chi connectivity index (χ3n) is 4.30. The zero-order valence-corrected chi connectivity index (χ0v) is 14.7. The molecule has 0 radical (unpaired) electrons. The van der Waals surface area contributed by atoms with Crippen LogP contribution in [0.1, 0.15) is 30.0 Å². The van der Waals surface area contributed by atoms with Gasteiger partial charge in [-0.2, -0.15) is 11.3 Å². The molecule has 2 heterocycles. The number of benzene rings is 1. The largest absolute Gasteiger partial charge is 0.481 e. The van der Waals surface area contributed by atoms with Crippen LogP contribution in [-0.4, -0.2) is 29.1 Å². The Morgan fingerprint density at radius 3 is 2.87 bits per heavy atom. The van der Waals surface area contributed by atoms with Gasteiger partial charge in [0.2, 0.25) is 0 Å². The number of halogens is 2. The molecule has 0 spiro atoms. The predicted molar refractivity (Wildman–Crippen MR) is 94.6 cm³/mol. The van der Waals surface area contributed by atoms with E-state index in [0.717, 1.165) is 30.5 Å². The fraction of sp³-hybridized carbons (Fsp3) is 0.353. The van der Waals surface area contributed by atoms with E-state index < -0.39 is 5.97 Å². The number of carbonyl (C=O) groups is 1. The number of hydrogen-bond acceptors (Lipinski definition) is 3. The number of carboxylic acid groups (broad SMARTS) is 1. The molecule has 1 aromatic heterocycles. The van der Waals surface area contributed by atoms with Crippen molar-refractivity contribution in [3.8, 4) is 0 Å². The lowest BCUT2D eigenvalue weighted by Crippen LogP contribution is -2.41. The topological polar surface area (TPSA) is 40.5 Å². The molecule has 1 aliphatic heterocycles. The zero-order chi connectivity index (χ0) is 16.4. The average molecular weight is 370 g/mol. The second-order valence-electron chi connectivity index (χ2n) is 5.77. The van der Waals surface area contributed by atoms with E-state index in [2.05, 4.69) is 16.3 Å². The van der Waals surface area contributed by atoms with Crippen LogP contribution in [-0.2, 0) is 4.79 Å². The number of hydrogen-bond donors (Lipinski definition) is 1. The Balaban J connectivity index is 2.00. The van der Waals surface area contributed by atoms with Crippen LogP contribution in [0.25, 0.3) is 0 Å². The molecule has 3 nitrogen and oxygen atoms in total. The van der Waals surface area contributed by atoms with Crippen LogP contribution >= 0.6 is 34.5 Å². The SMILES string of the molecule is O=C(O)C1CCCN(C(c2ccsc2)c2cccc(Cl)c2Cl)C1. The number of aliphatic carboxylic acids is 1. The molecule has 0 saturated carbocycles. The summed E-state index contributed by atoms with van der Waals surface area (Å²) in [5.74, 6) is -1.06.